The van der Waals surface area contributed by atoms with E-state index >= 15 is 0 Å². The Morgan fingerprint density at radius 2 is 2.15 bits per heavy atom. The minimum absolute atomic E-state index is 0.0813. The molecule has 0 atom stereocenters. The molecular formula is C13H14N6O. The lowest BCUT2D eigenvalue weighted by molar-refractivity contribution is -0.115. The Kier molecular flexibility index (Phi) is 2.96. The number of nitrogens with one attached hydrogen (secondary N) is 2. The fourth-order valence-electron chi connectivity index (χ4n) is 2.19. The van der Waals surface area contributed by atoms with Gasteiger partial charge in [0.1, 0.15) is 12.4 Å². The summed E-state index contributed by atoms with van der Waals surface area (Å²) in [4.78, 5) is 22.1. The van der Waals surface area contributed by atoms with Gasteiger partial charge < -0.3 is 10.2 Å². The lowest BCUT2D eigenvalue weighted by Crippen LogP contribution is -2.35. The second kappa shape index (κ2) is 4.78. The summed E-state index contributed by atoms with van der Waals surface area (Å²) in [5.41, 5.74) is 4.87. The first-order valence-electron chi connectivity index (χ1n) is 6.16. The second-order valence-electron chi connectivity index (χ2n) is 4.49. The van der Waals surface area contributed by atoms with Crippen molar-refractivity contribution in [2.75, 3.05) is 22.2 Å². The standard InChI is InChI=1S/C13H14N6O/c1-8-6-11(17-13(15-8)18-14)19-7-12(20)16-9-4-2-3-5-10(9)19/h2-6H,7,14H2,1H3,(H,16,20)(H,15,17,18). The molecule has 2 heterocycles. The van der Waals surface area contributed by atoms with Gasteiger partial charge in [-0.1, -0.05) is 12.1 Å². The van der Waals surface area contributed by atoms with Crippen LogP contribution in [0.5, 0.6) is 0 Å². The van der Waals surface area contributed by atoms with Crippen LogP contribution in [-0.4, -0.2) is 22.4 Å². The maximum absolute atomic E-state index is 11.8. The molecule has 0 aliphatic carbocycles. The zero-order valence-electron chi connectivity index (χ0n) is 10.9. The van der Waals surface area contributed by atoms with Crippen LogP contribution in [0.25, 0.3) is 0 Å². The van der Waals surface area contributed by atoms with E-state index in [4.69, 9.17) is 5.84 Å². The second-order valence-corrected chi connectivity index (χ2v) is 4.49. The minimum atomic E-state index is -0.0813. The third-order valence-corrected chi connectivity index (χ3v) is 3.02. The quantitative estimate of drug-likeness (QED) is 0.560. The van der Waals surface area contributed by atoms with E-state index < -0.39 is 0 Å². The van der Waals surface area contributed by atoms with Crippen LogP contribution in [0, 0.1) is 6.92 Å². The third kappa shape index (κ3) is 2.14. The predicted octanol–water partition coefficient (Wildman–Crippen LogP) is 1.16. The molecule has 4 N–H and O–H groups in total. The van der Waals surface area contributed by atoms with Crippen molar-refractivity contribution < 1.29 is 4.79 Å². The molecule has 0 fully saturated rings. The topological polar surface area (TPSA) is 96.2 Å². The van der Waals surface area contributed by atoms with Crippen molar-refractivity contribution in [2.45, 2.75) is 6.92 Å². The summed E-state index contributed by atoms with van der Waals surface area (Å²) in [6.45, 7) is 2.05. The van der Waals surface area contributed by atoms with Crippen LogP contribution >= 0.6 is 0 Å². The smallest absolute Gasteiger partial charge is 0.244 e. The Bertz CT molecular complexity index is 672. The normalized spacial score (nSPS) is 13.7. The molecule has 7 nitrogen and oxygen atoms in total. The molecule has 0 bridgehead atoms. The molecule has 1 aromatic heterocycles. The van der Waals surface area contributed by atoms with E-state index in [0.717, 1.165) is 17.1 Å². The van der Waals surface area contributed by atoms with E-state index in [1.54, 1.807) is 0 Å². The zero-order chi connectivity index (χ0) is 14.1. The largest absolute Gasteiger partial charge is 0.323 e. The number of aryl methyl sites for hydroxylation is 1. The van der Waals surface area contributed by atoms with Crippen LogP contribution in [0.1, 0.15) is 5.69 Å². The van der Waals surface area contributed by atoms with Gasteiger partial charge in [-0.25, -0.2) is 10.8 Å². The average Bonchev–Trinajstić information content (AvgIpc) is 2.45. The van der Waals surface area contributed by atoms with Crippen molar-refractivity contribution in [3.63, 3.8) is 0 Å². The van der Waals surface area contributed by atoms with E-state index in [1.165, 1.54) is 0 Å². The van der Waals surface area contributed by atoms with E-state index in [1.807, 2.05) is 42.2 Å². The summed E-state index contributed by atoms with van der Waals surface area (Å²) in [5, 5.41) is 2.84. The number of amides is 1. The highest BCUT2D eigenvalue weighted by Crippen LogP contribution is 2.34. The number of para-hydroxylation sites is 2. The number of fused-ring (bicyclic) bond motifs is 1. The van der Waals surface area contributed by atoms with Crippen molar-refractivity contribution in [1.82, 2.24) is 9.97 Å². The van der Waals surface area contributed by atoms with Gasteiger partial charge in [0.2, 0.25) is 11.9 Å². The molecule has 0 saturated carbocycles. The number of aromatic nitrogens is 2. The molecule has 2 aromatic rings. The van der Waals surface area contributed by atoms with Crippen LogP contribution in [0.15, 0.2) is 30.3 Å². The molecule has 20 heavy (non-hydrogen) atoms. The Morgan fingerprint density at radius 1 is 1.35 bits per heavy atom. The van der Waals surface area contributed by atoms with Gasteiger partial charge in [-0.15, -0.1) is 0 Å². The molecule has 102 valence electrons. The van der Waals surface area contributed by atoms with E-state index in [2.05, 4.69) is 20.7 Å². The van der Waals surface area contributed by atoms with Crippen molar-refractivity contribution in [1.29, 1.82) is 0 Å². The molecule has 0 saturated heterocycles. The summed E-state index contributed by atoms with van der Waals surface area (Å²) in [5.74, 6) is 6.24. The highest BCUT2D eigenvalue weighted by molar-refractivity contribution is 6.02. The lowest BCUT2D eigenvalue weighted by Gasteiger charge is -2.30. The first kappa shape index (κ1) is 12.4. The summed E-state index contributed by atoms with van der Waals surface area (Å²) in [7, 11) is 0. The molecule has 3 rings (SSSR count). The van der Waals surface area contributed by atoms with Gasteiger partial charge >= 0.3 is 0 Å². The van der Waals surface area contributed by atoms with Crippen LogP contribution in [-0.2, 0) is 4.79 Å². The Morgan fingerprint density at radius 3 is 2.95 bits per heavy atom. The van der Waals surface area contributed by atoms with Crippen molar-refractivity contribution in [2.24, 2.45) is 5.84 Å². The number of hydrogen-bond acceptors (Lipinski definition) is 6. The Balaban J connectivity index is 2.10. The van der Waals surface area contributed by atoms with Gasteiger partial charge in [-0.05, 0) is 19.1 Å². The number of carbonyl (C=O) groups is 1. The number of anilines is 4. The Hall–Kier alpha value is -2.67. The first-order valence-corrected chi connectivity index (χ1v) is 6.16. The van der Waals surface area contributed by atoms with Gasteiger partial charge in [-0.2, -0.15) is 4.98 Å². The molecule has 0 spiro atoms. The minimum Gasteiger partial charge on any atom is -0.323 e. The summed E-state index contributed by atoms with van der Waals surface area (Å²) >= 11 is 0. The SMILES string of the molecule is Cc1cc(N2CC(=O)Nc3ccccc32)nc(NN)n1. The average molecular weight is 270 g/mol. The zero-order valence-corrected chi connectivity index (χ0v) is 10.9. The number of hydrogen-bond donors (Lipinski definition) is 3. The summed E-state index contributed by atoms with van der Waals surface area (Å²) in [6, 6.07) is 9.40. The monoisotopic (exact) mass is 270 g/mol. The number of nitrogen functional groups attached to an aromatic ring is 1. The lowest BCUT2D eigenvalue weighted by atomic mass is 10.2. The first-order chi connectivity index (χ1) is 9.67. The predicted molar refractivity (Wildman–Crippen MR) is 76.7 cm³/mol. The molecular weight excluding hydrogens is 256 g/mol. The van der Waals surface area contributed by atoms with Crippen molar-refractivity contribution >= 4 is 29.0 Å². The number of nitrogens with two attached hydrogens (primary N) is 1. The van der Waals surface area contributed by atoms with E-state index in [-0.39, 0.29) is 12.5 Å². The fraction of sp³-hybridized carbons (Fsp3) is 0.154. The number of carbonyl (C=O) groups excluding carboxylic acids is 1. The van der Waals surface area contributed by atoms with Crippen molar-refractivity contribution in [3.8, 4) is 0 Å². The maximum Gasteiger partial charge on any atom is 0.244 e. The van der Waals surface area contributed by atoms with E-state index in [9.17, 15) is 4.79 Å². The number of benzene rings is 1. The molecule has 7 heteroatoms. The fourth-order valence-corrected chi connectivity index (χ4v) is 2.19. The van der Waals surface area contributed by atoms with Crippen LogP contribution in [0.2, 0.25) is 0 Å². The van der Waals surface area contributed by atoms with Gasteiger partial charge in [0.05, 0.1) is 11.4 Å². The van der Waals surface area contributed by atoms with Gasteiger partial charge in [0, 0.05) is 11.8 Å². The van der Waals surface area contributed by atoms with Gasteiger partial charge in [0.25, 0.3) is 0 Å². The molecule has 1 amide bonds. The maximum atomic E-state index is 11.8. The van der Waals surface area contributed by atoms with Crippen LogP contribution in [0.3, 0.4) is 0 Å². The summed E-state index contributed by atoms with van der Waals surface area (Å²) < 4.78 is 0. The van der Waals surface area contributed by atoms with E-state index in [0.29, 0.717) is 11.8 Å². The number of nitrogens with zero attached hydrogens (tertiary/aromatic N) is 3. The van der Waals surface area contributed by atoms with Crippen molar-refractivity contribution in [3.05, 3.63) is 36.0 Å². The summed E-state index contributed by atoms with van der Waals surface area (Å²) in [6.07, 6.45) is 0. The Labute approximate surface area is 115 Å². The number of rotatable bonds is 2. The molecule has 1 aliphatic heterocycles. The number of hydrazine groups is 1. The molecule has 1 aliphatic rings. The van der Waals surface area contributed by atoms with Gasteiger partial charge in [0.15, 0.2) is 0 Å². The highest BCUT2D eigenvalue weighted by Gasteiger charge is 2.24. The molecule has 1 aromatic carbocycles. The third-order valence-electron chi connectivity index (χ3n) is 3.02. The molecule has 0 radical (unpaired) electrons. The van der Waals surface area contributed by atoms with Crippen LogP contribution in [0.4, 0.5) is 23.1 Å². The molecule has 0 unspecified atom stereocenters. The van der Waals surface area contributed by atoms with Gasteiger partial charge in [-0.3, -0.25) is 10.2 Å². The van der Waals surface area contributed by atoms with Crippen LogP contribution < -0.4 is 21.5 Å². The highest BCUT2D eigenvalue weighted by atomic mass is 16.2.